The van der Waals surface area contributed by atoms with Gasteiger partial charge < -0.3 is 10.6 Å². The molecule has 1 heterocycles. The van der Waals surface area contributed by atoms with Gasteiger partial charge >= 0.3 is 0 Å². The van der Waals surface area contributed by atoms with Crippen LogP contribution in [0, 0.1) is 5.92 Å². The maximum absolute atomic E-state index is 13.3. The van der Waals surface area contributed by atoms with Gasteiger partial charge in [-0.2, -0.15) is 0 Å². The van der Waals surface area contributed by atoms with Crippen molar-refractivity contribution >= 4 is 40.7 Å². The SMILES string of the molecule is O=C(NC(c1ccccc1)c1cc(Cl)cc(Cl)c1)C1CC12C(=O)Nc1ccccc12. The first-order chi connectivity index (χ1) is 14.5. The first kappa shape index (κ1) is 19.2. The fraction of sp³-hybridized carbons (Fsp3) is 0.167. The summed E-state index contributed by atoms with van der Waals surface area (Å²) in [6.45, 7) is 0. The zero-order valence-electron chi connectivity index (χ0n) is 15.9. The Kier molecular flexibility index (Phi) is 4.57. The summed E-state index contributed by atoms with van der Waals surface area (Å²) in [5.74, 6) is -0.681. The van der Waals surface area contributed by atoms with E-state index in [9.17, 15) is 9.59 Å². The van der Waals surface area contributed by atoms with E-state index in [0.717, 1.165) is 22.4 Å². The van der Waals surface area contributed by atoms with Crippen molar-refractivity contribution < 1.29 is 9.59 Å². The van der Waals surface area contributed by atoms with Crippen molar-refractivity contribution in [1.82, 2.24) is 5.32 Å². The summed E-state index contributed by atoms with van der Waals surface area (Å²) in [5.41, 5.74) is 2.62. The number of halogens is 2. The zero-order chi connectivity index (χ0) is 20.9. The average Bonchev–Trinajstić information content (AvgIpc) is 3.42. The number of hydrogen-bond donors (Lipinski definition) is 2. The van der Waals surface area contributed by atoms with E-state index in [-0.39, 0.29) is 11.8 Å². The number of nitrogens with one attached hydrogen (secondary N) is 2. The Hall–Kier alpha value is -2.82. The van der Waals surface area contributed by atoms with Gasteiger partial charge in [0.05, 0.1) is 17.4 Å². The fourth-order valence-electron chi connectivity index (χ4n) is 4.45. The van der Waals surface area contributed by atoms with Gasteiger partial charge in [-0.05, 0) is 47.4 Å². The van der Waals surface area contributed by atoms with Crippen molar-refractivity contribution in [2.45, 2.75) is 17.9 Å². The molecule has 0 radical (unpaired) electrons. The van der Waals surface area contributed by atoms with Crippen LogP contribution in [0.1, 0.15) is 29.2 Å². The summed E-state index contributed by atoms with van der Waals surface area (Å²) in [6.07, 6.45) is 0.499. The fourth-order valence-corrected chi connectivity index (χ4v) is 5.00. The summed E-state index contributed by atoms with van der Waals surface area (Å²) in [4.78, 5) is 26.0. The van der Waals surface area contributed by atoms with Gasteiger partial charge in [-0.1, -0.05) is 71.7 Å². The van der Waals surface area contributed by atoms with E-state index in [2.05, 4.69) is 10.6 Å². The van der Waals surface area contributed by atoms with Crippen LogP contribution in [-0.2, 0) is 15.0 Å². The highest BCUT2D eigenvalue weighted by Gasteiger charge is 2.67. The Bertz CT molecular complexity index is 1140. The summed E-state index contributed by atoms with van der Waals surface area (Å²) in [6, 6.07) is 22.0. The monoisotopic (exact) mass is 436 g/mol. The lowest BCUT2D eigenvalue weighted by Gasteiger charge is -2.21. The van der Waals surface area contributed by atoms with Crippen LogP contribution in [0.2, 0.25) is 10.0 Å². The molecular formula is C24H18Cl2N2O2. The van der Waals surface area contributed by atoms with Gasteiger partial charge in [0.25, 0.3) is 0 Å². The molecule has 0 saturated heterocycles. The minimum absolute atomic E-state index is 0.106. The number of amides is 2. The molecule has 5 rings (SSSR count). The summed E-state index contributed by atoms with van der Waals surface area (Å²) in [5, 5.41) is 7.04. The highest BCUT2D eigenvalue weighted by molar-refractivity contribution is 6.34. The minimum Gasteiger partial charge on any atom is -0.345 e. The number of rotatable bonds is 4. The highest BCUT2D eigenvalue weighted by atomic mass is 35.5. The molecule has 2 N–H and O–H groups in total. The lowest BCUT2D eigenvalue weighted by molar-refractivity contribution is -0.126. The molecule has 0 bridgehead atoms. The van der Waals surface area contributed by atoms with Crippen LogP contribution in [0.3, 0.4) is 0 Å². The van der Waals surface area contributed by atoms with Gasteiger partial charge in [0.15, 0.2) is 0 Å². The number of carbonyl (C=O) groups is 2. The van der Waals surface area contributed by atoms with E-state index in [1.165, 1.54) is 0 Å². The second-order valence-electron chi connectivity index (χ2n) is 7.78. The van der Waals surface area contributed by atoms with E-state index in [4.69, 9.17) is 23.2 Å². The van der Waals surface area contributed by atoms with Crippen molar-refractivity contribution in [3.8, 4) is 0 Å². The van der Waals surface area contributed by atoms with Crippen molar-refractivity contribution in [3.05, 3.63) is 99.5 Å². The predicted octanol–water partition coefficient (Wildman–Crippen LogP) is 5.11. The molecular weight excluding hydrogens is 419 g/mol. The molecule has 1 spiro atoms. The van der Waals surface area contributed by atoms with Gasteiger partial charge in [0, 0.05) is 15.7 Å². The van der Waals surface area contributed by atoms with Crippen LogP contribution in [0.25, 0.3) is 0 Å². The quantitative estimate of drug-likeness (QED) is 0.596. The number of anilines is 1. The highest BCUT2D eigenvalue weighted by Crippen LogP contribution is 2.60. The lowest BCUT2D eigenvalue weighted by atomic mass is 9.93. The van der Waals surface area contributed by atoms with E-state index in [0.29, 0.717) is 16.5 Å². The second-order valence-corrected chi connectivity index (χ2v) is 8.66. The molecule has 0 aromatic heterocycles. The molecule has 1 fully saturated rings. The number of hydrogen-bond acceptors (Lipinski definition) is 2. The van der Waals surface area contributed by atoms with Gasteiger partial charge in [0.2, 0.25) is 11.8 Å². The number of carbonyl (C=O) groups excluding carboxylic acids is 2. The molecule has 2 aliphatic rings. The molecule has 1 aliphatic heterocycles. The Morgan fingerprint density at radius 1 is 0.967 bits per heavy atom. The molecule has 4 nitrogen and oxygen atoms in total. The molecule has 1 aliphatic carbocycles. The third kappa shape index (κ3) is 3.08. The minimum atomic E-state index is -0.770. The number of benzene rings is 3. The van der Waals surface area contributed by atoms with Gasteiger partial charge in [-0.15, -0.1) is 0 Å². The predicted molar refractivity (Wildman–Crippen MR) is 118 cm³/mol. The Labute approximate surface area is 184 Å². The zero-order valence-corrected chi connectivity index (χ0v) is 17.4. The maximum atomic E-state index is 13.3. The summed E-state index contributed by atoms with van der Waals surface area (Å²) < 4.78 is 0. The molecule has 2 amide bonds. The van der Waals surface area contributed by atoms with Gasteiger partial charge in [0.1, 0.15) is 0 Å². The van der Waals surface area contributed by atoms with Crippen LogP contribution < -0.4 is 10.6 Å². The Morgan fingerprint density at radius 2 is 1.63 bits per heavy atom. The van der Waals surface area contributed by atoms with Crippen LogP contribution >= 0.6 is 23.2 Å². The Morgan fingerprint density at radius 3 is 2.37 bits per heavy atom. The van der Waals surface area contributed by atoms with Crippen LogP contribution in [0.15, 0.2) is 72.8 Å². The maximum Gasteiger partial charge on any atom is 0.235 e. The third-order valence-electron chi connectivity index (χ3n) is 5.98. The summed E-state index contributed by atoms with van der Waals surface area (Å²) >= 11 is 12.4. The van der Waals surface area contributed by atoms with Crippen LogP contribution in [0.5, 0.6) is 0 Å². The summed E-state index contributed by atoms with van der Waals surface area (Å²) in [7, 11) is 0. The normalized spacial score (nSPS) is 22.3. The standard InChI is InChI=1S/C24H18Cl2N2O2/c25-16-10-15(11-17(26)12-16)21(14-6-2-1-3-7-14)28-22(29)19-13-24(19)18-8-4-5-9-20(18)27-23(24)30/h1-12,19,21H,13H2,(H,27,30)(H,28,29). The molecule has 30 heavy (non-hydrogen) atoms. The van der Waals surface area contributed by atoms with Crippen molar-refractivity contribution in [1.29, 1.82) is 0 Å². The molecule has 3 aromatic rings. The van der Waals surface area contributed by atoms with Crippen LogP contribution in [-0.4, -0.2) is 11.8 Å². The first-order valence-electron chi connectivity index (χ1n) is 9.71. The van der Waals surface area contributed by atoms with E-state index in [1.54, 1.807) is 18.2 Å². The van der Waals surface area contributed by atoms with Gasteiger partial charge in [-0.25, -0.2) is 0 Å². The first-order valence-corrected chi connectivity index (χ1v) is 10.5. The number of fused-ring (bicyclic) bond motifs is 2. The van der Waals surface area contributed by atoms with Crippen LogP contribution in [0.4, 0.5) is 5.69 Å². The molecule has 6 heteroatoms. The smallest absolute Gasteiger partial charge is 0.235 e. The lowest BCUT2D eigenvalue weighted by Crippen LogP contribution is -2.34. The molecule has 3 aromatic carbocycles. The second kappa shape index (κ2) is 7.15. The molecule has 3 unspecified atom stereocenters. The van der Waals surface area contributed by atoms with E-state index >= 15 is 0 Å². The van der Waals surface area contributed by atoms with Crippen molar-refractivity contribution in [2.24, 2.45) is 5.92 Å². The van der Waals surface area contributed by atoms with E-state index < -0.39 is 17.4 Å². The topological polar surface area (TPSA) is 58.2 Å². The average molecular weight is 437 g/mol. The molecule has 3 atom stereocenters. The van der Waals surface area contributed by atoms with Gasteiger partial charge in [-0.3, -0.25) is 9.59 Å². The third-order valence-corrected chi connectivity index (χ3v) is 6.41. The van der Waals surface area contributed by atoms with Crippen molar-refractivity contribution in [2.75, 3.05) is 5.32 Å². The molecule has 150 valence electrons. The van der Waals surface area contributed by atoms with E-state index in [1.807, 2.05) is 54.6 Å². The van der Waals surface area contributed by atoms with Crippen molar-refractivity contribution in [3.63, 3.8) is 0 Å². The Balaban J connectivity index is 1.47. The largest absolute Gasteiger partial charge is 0.345 e. The number of para-hydroxylation sites is 1. The molecule has 1 saturated carbocycles.